The van der Waals surface area contributed by atoms with Crippen molar-refractivity contribution in [3.63, 3.8) is 0 Å². The SMILES string of the molecule is Cc1ccc(C(C#N)Nc2nccs2)cc1. The number of rotatable bonds is 3. The van der Waals surface area contributed by atoms with Gasteiger partial charge in [0.15, 0.2) is 5.13 Å². The van der Waals surface area contributed by atoms with Crippen molar-refractivity contribution >= 4 is 16.5 Å². The number of anilines is 1. The molecule has 80 valence electrons. The van der Waals surface area contributed by atoms with E-state index in [0.717, 1.165) is 10.7 Å². The smallest absolute Gasteiger partial charge is 0.183 e. The summed E-state index contributed by atoms with van der Waals surface area (Å²) in [6.07, 6.45) is 1.72. The summed E-state index contributed by atoms with van der Waals surface area (Å²) in [5, 5.41) is 14.9. The zero-order valence-corrected chi connectivity index (χ0v) is 9.66. The standard InChI is InChI=1S/C12H11N3S/c1-9-2-4-10(5-3-9)11(8-13)15-12-14-6-7-16-12/h2-7,11H,1H3,(H,14,15). The topological polar surface area (TPSA) is 48.7 Å². The van der Waals surface area contributed by atoms with Crippen LogP contribution in [0.25, 0.3) is 0 Å². The first kappa shape index (κ1) is 10.7. The van der Waals surface area contributed by atoms with E-state index in [-0.39, 0.29) is 6.04 Å². The number of nitrogens with one attached hydrogen (secondary N) is 1. The maximum Gasteiger partial charge on any atom is 0.183 e. The van der Waals surface area contributed by atoms with E-state index in [2.05, 4.69) is 16.4 Å². The molecule has 1 N–H and O–H groups in total. The van der Waals surface area contributed by atoms with Gasteiger partial charge in [-0.3, -0.25) is 0 Å². The monoisotopic (exact) mass is 229 g/mol. The summed E-state index contributed by atoms with van der Waals surface area (Å²) < 4.78 is 0. The van der Waals surface area contributed by atoms with Gasteiger partial charge in [0, 0.05) is 11.6 Å². The number of nitrogens with zero attached hydrogens (tertiary/aromatic N) is 2. The largest absolute Gasteiger partial charge is 0.342 e. The quantitative estimate of drug-likeness (QED) is 0.879. The zero-order chi connectivity index (χ0) is 11.4. The van der Waals surface area contributed by atoms with Crippen LogP contribution in [0, 0.1) is 18.3 Å². The van der Waals surface area contributed by atoms with Gasteiger partial charge in [0.2, 0.25) is 0 Å². The number of nitriles is 1. The van der Waals surface area contributed by atoms with Crippen LogP contribution in [0.4, 0.5) is 5.13 Å². The molecule has 1 aromatic carbocycles. The van der Waals surface area contributed by atoms with Crippen molar-refractivity contribution in [2.75, 3.05) is 5.32 Å². The molecule has 2 aromatic rings. The highest BCUT2D eigenvalue weighted by atomic mass is 32.1. The number of aryl methyl sites for hydroxylation is 1. The molecule has 0 amide bonds. The van der Waals surface area contributed by atoms with Crippen molar-refractivity contribution in [2.24, 2.45) is 0 Å². The second-order valence-corrected chi connectivity index (χ2v) is 4.35. The lowest BCUT2D eigenvalue weighted by molar-refractivity contribution is 0.990. The van der Waals surface area contributed by atoms with Gasteiger partial charge in [-0.15, -0.1) is 11.3 Å². The highest BCUT2D eigenvalue weighted by molar-refractivity contribution is 7.13. The van der Waals surface area contributed by atoms with E-state index in [1.54, 1.807) is 6.20 Å². The van der Waals surface area contributed by atoms with Crippen molar-refractivity contribution in [1.82, 2.24) is 4.98 Å². The van der Waals surface area contributed by atoms with Crippen LogP contribution in [0.1, 0.15) is 17.2 Å². The van der Waals surface area contributed by atoms with Crippen LogP contribution < -0.4 is 5.32 Å². The molecule has 0 aliphatic rings. The molecule has 1 unspecified atom stereocenters. The minimum absolute atomic E-state index is 0.341. The summed E-state index contributed by atoms with van der Waals surface area (Å²) in [5.41, 5.74) is 2.15. The molecule has 0 saturated carbocycles. The fourth-order valence-corrected chi connectivity index (χ4v) is 1.93. The van der Waals surface area contributed by atoms with Crippen LogP contribution in [0.3, 0.4) is 0 Å². The summed E-state index contributed by atoms with van der Waals surface area (Å²) in [4.78, 5) is 4.10. The Kier molecular flexibility index (Phi) is 3.18. The molecule has 0 bridgehead atoms. The van der Waals surface area contributed by atoms with E-state index in [9.17, 15) is 0 Å². The average molecular weight is 229 g/mol. The van der Waals surface area contributed by atoms with Crippen LogP contribution in [-0.4, -0.2) is 4.98 Å². The molecule has 0 aliphatic carbocycles. The number of thiazole rings is 1. The van der Waals surface area contributed by atoms with Crippen molar-refractivity contribution < 1.29 is 0 Å². The van der Waals surface area contributed by atoms with Gasteiger partial charge in [0.1, 0.15) is 6.04 Å². The molecule has 1 heterocycles. The van der Waals surface area contributed by atoms with E-state index >= 15 is 0 Å². The molecule has 0 radical (unpaired) electrons. The minimum Gasteiger partial charge on any atom is -0.342 e. The van der Waals surface area contributed by atoms with Gasteiger partial charge < -0.3 is 5.32 Å². The molecule has 1 atom stereocenters. The zero-order valence-electron chi connectivity index (χ0n) is 8.84. The van der Waals surface area contributed by atoms with Crippen molar-refractivity contribution in [2.45, 2.75) is 13.0 Å². The molecule has 1 aromatic heterocycles. The summed E-state index contributed by atoms with van der Waals surface area (Å²) in [6.45, 7) is 2.03. The maximum atomic E-state index is 9.11. The fraction of sp³-hybridized carbons (Fsp3) is 0.167. The molecular formula is C12H11N3S. The Morgan fingerprint density at radius 2 is 2.12 bits per heavy atom. The summed E-state index contributed by atoms with van der Waals surface area (Å²) in [7, 11) is 0. The van der Waals surface area contributed by atoms with Gasteiger partial charge in [-0.05, 0) is 12.5 Å². The highest BCUT2D eigenvalue weighted by Gasteiger charge is 2.10. The molecule has 4 heteroatoms. The summed E-state index contributed by atoms with van der Waals surface area (Å²) >= 11 is 1.49. The molecule has 0 fully saturated rings. The van der Waals surface area contributed by atoms with Crippen molar-refractivity contribution in [3.05, 3.63) is 47.0 Å². The molecule has 0 spiro atoms. The van der Waals surface area contributed by atoms with Crippen molar-refractivity contribution in [3.8, 4) is 6.07 Å². The van der Waals surface area contributed by atoms with Crippen LogP contribution >= 0.6 is 11.3 Å². The van der Waals surface area contributed by atoms with E-state index in [1.807, 2.05) is 36.6 Å². The van der Waals surface area contributed by atoms with Crippen LogP contribution in [0.2, 0.25) is 0 Å². The van der Waals surface area contributed by atoms with E-state index in [0.29, 0.717) is 0 Å². The number of benzene rings is 1. The van der Waals surface area contributed by atoms with E-state index in [4.69, 9.17) is 5.26 Å². The molecule has 2 rings (SSSR count). The second kappa shape index (κ2) is 4.77. The number of aromatic nitrogens is 1. The van der Waals surface area contributed by atoms with E-state index in [1.165, 1.54) is 16.9 Å². The van der Waals surface area contributed by atoms with Gasteiger partial charge in [-0.2, -0.15) is 5.26 Å². The second-order valence-electron chi connectivity index (χ2n) is 3.45. The van der Waals surface area contributed by atoms with E-state index < -0.39 is 0 Å². The molecule has 0 saturated heterocycles. The molecule has 16 heavy (non-hydrogen) atoms. The third kappa shape index (κ3) is 2.38. The fourth-order valence-electron chi connectivity index (χ4n) is 1.37. The Labute approximate surface area is 98.4 Å². The van der Waals surface area contributed by atoms with Crippen molar-refractivity contribution in [1.29, 1.82) is 5.26 Å². The third-order valence-corrected chi connectivity index (χ3v) is 2.94. The predicted octanol–water partition coefficient (Wildman–Crippen LogP) is 3.13. The molecule has 0 aliphatic heterocycles. The van der Waals surface area contributed by atoms with Gasteiger partial charge in [-0.25, -0.2) is 4.98 Å². The summed E-state index contributed by atoms with van der Waals surface area (Å²) in [6, 6.07) is 9.82. The van der Waals surface area contributed by atoms with Gasteiger partial charge in [-0.1, -0.05) is 29.8 Å². The lowest BCUT2D eigenvalue weighted by Crippen LogP contribution is -2.07. The summed E-state index contributed by atoms with van der Waals surface area (Å²) in [5.74, 6) is 0. The third-order valence-electron chi connectivity index (χ3n) is 2.24. The molecule has 3 nitrogen and oxygen atoms in total. The van der Waals surface area contributed by atoms with Crippen LogP contribution in [-0.2, 0) is 0 Å². The van der Waals surface area contributed by atoms with Crippen LogP contribution in [0.15, 0.2) is 35.8 Å². The Balaban J connectivity index is 2.17. The first-order valence-corrected chi connectivity index (χ1v) is 5.80. The maximum absolute atomic E-state index is 9.11. The lowest BCUT2D eigenvalue weighted by Gasteiger charge is -2.10. The Bertz CT molecular complexity index is 482. The number of hydrogen-bond donors (Lipinski definition) is 1. The van der Waals surface area contributed by atoms with Gasteiger partial charge in [0.05, 0.1) is 6.07 Å². The number of hydrogen-bond acceptors (Lipinski definition) is 4. The Morgan fingerprint density at radius 1 is 1.38 bits per heavy atom. The molecular weight excluding hydrogens is 218 g/mol. The first-order valence-electron chi connectivity index (χ1n) is 4.92. The first-order chi connectivity index (χ1) is 7.79. The predicted molar refractivity (Wildman–Crippen MR) is 65.3 cm³/mol. The highest BCUT2D eigenvalue weighted by Crippen LogP contribution is 2.20. The lowest BCUT2D eigenvalue weighted by atomic mass is 10.1. The Morgan fingerprint density at radius 3 is 2.69 bits per heavy atom. The van der Waals surface area contributed by atoms with Gasteiger partial charge >= 0.3 is 0 Å². The normalized spacial score (nSPS) is 11.8. The van der Waals surface area contributed by atoms with Gasteiger partial charge in [0.25, 0.3) is 0 Å². The van der Waals surface area contributed by atoms with Crippen LogP contribution in [0.5, 0.6) is 0 Å². The minimum atomic E-state index is -0.341. The Hall–Kier alpha value is -1.86. The average Bonchev–Trinajstić information content (AvgIpc) is 2.80.